The summed E-state index contributed by atoms with van der Waals surface area (Å²) < 4.78 is 11.4. The van der Waals surface area contributed by atoms with Gasteiger partial charge in [0, 0.05) is 11.8 Å². The Bertz CT molecular complexity index is 1140. The number of carbonyl (C=O) groups is 2. The molecule has 0 saturated carbocycles. The second kappa shape index (κ2) is 9.58. The fraction of sp³-hybridized carbons (Fsp3) is 0.125. The van der Waals surface area contributed by atoms with Crippen molar-refractivity contribution >= 4 is 23.8 Å². The molecule has 31 heavy (non-hydrogen) atoms. The fourth-order valence-electron chi connectivity index (χ4n) is 2.87. The number of carboxylic acid groups (broad SMARTS) is 2. The monoisotopic (exact) mass is 419 g/mol. The van der Waals surface area contributed by atoms with E-state index in [-0.39, 0.29) is 17.7 Å². The lowest BCUT2D eigenvalue weighted by Gasteiger charge is -2.13. The third-order valence-electron chi connectivity index (χ3n) is 4.61. The standard InChI is InChI=1S/C24H21NO6/c1-15-6-9-18(24(28)29)12-20(15)25-13-19-4-3-5-21(30-2)22(19)31-14-16-7-10-17(11-8-16)23(26)27/h3-13H,14H2,1-2H3,(H,26,27)(H,28,29). The quantitative estimate of drug-likeness (QED) is 0.512. The van der Waals surface area contributed by atoms with Crippen LogP contribution in [0.15, 0.2) is 65.7 Å². The number of rotatable bonds is 8. The average Bonchev–Trinajstić information content (AvgIpc) is 2.77. The van der Waals surface area contributed by atoms with Gasteiger partial charge >= 0.3 is 11.9 Å². The van der Waals surface area contributed by atoms with Gasteiger partial charge in [0.15, 0.2) is 11.5 Å². The summed E-state index contributed by atoms with van der Waals surface area (Å²) in [4.78, 5) is 26.7. The molecule has 7 heteroatoms. The number of benzene rings is 3. The van der Waals surface area contributed by atoms with Crippen LogP contribution in [0.5, 0.6) is 11.5 Å². The molecule has 7 nitrogen and oxygen atoms in total. The van der Waals surface area contributed by atoms with Gasteiger partial charge in [-0.25, -0.2) is 9.59 Å². The molecule has 0 spiro atoms. The summed E-state index contributed by atoms with van der Waals surface area (Å²) in [5, 5.41) is 18.2. The van der Waals surface area contributed by atoms with Crippen molar-refractivity contribution < 1.29 is 29.3 Å². The van der Waals surface area contributed by atoms with E-state index in [0.717, 1.165) is 11.1 Å². The van der Waals surface area contributed by atoms with E-state index in [2.05, 4.69) is 4.99 Å². The molecule has 2 N–H and O–H groups in total. The van der Waals surface area contributed by atoms with Gasteiger partial charge in [-0.15, -0.1) is 0 Å². The van der Waals surface area contributed by atoms with Gasteiger partial charge in [0.2, 0.25) is 0 Å². The molecule has 0 atom stereocenters. The summed E-state index contributed by atoms with van der Waals surface area (Å²) in [5.74, 6) is -1.01. The highest BCUT2D eigenvalue weighted by Gasteiger charge is 2.11. The number of aryl methyl sites for hydroxylation is 1. The van der Waals surface area contributed by atoms with Crippen LogP contribution in [0.4, 0.5) is 5.69 Å². The third kappa shape index (κ3) is 5.27. The first-order valence-corrected chi connectivity index (χ1v) is 9.39. The lowest BCUT2D eigenvalue weighted by Crippen LogP contribution is -2.02. The lowest BCUT2D eigenvalue weighted by molar-refractivity contribution is 0.0686. The molecule has 3 rings (SSSR count). The second-order valence-electron chi connectivity index (χ2n) is 6.73. The summed E-state index contributed by atoms with van der Waals surface area (Å²) >= 11 is 0. The Kier molecular flexibility index (Phi) is 6.67. The van der Waals surface area contributed by atoms with Gasteiger partial charge in [0.05, 0.1) is 23.9 Å². The maximum absolute atomic E-state index is 11.2. The van der Waals surface area contributed by atoms with Crippen LogP contribution in [-0.2, 0) is 6.61 Å². The Morgan fingerprint density at radius 2 is 1.65 bits per heavy atom. The first-order valence-electron chi connectivity index (χ1n) is 9.39. The minimum Gasteiger partial charge on any atom is -0.493 e. The number of hydrogen-bond donors (Lipinski definition) is 2. The second-order valence-corrected chi connectivity index (χ2v) is 6.73. The highest BCUT2D eigenvalue weighted by molar-refractivity contribution is 5.91. The summed E-state index contributed by atoms with van der Waals surface area (Å²) in [6.07, 6.45) is 1.60. The number of nitrogens with zero attached hydrogens (tertiary/aromatic N) is 1. The molecule has 0 fully saturated rings. The third-order valence-corrected chi connectivity index (χ3v) is 4.61. The minimum atomic E-state index is -1.02. The van der Waals surface area contributed by atoms with Gasteiger partial charge in [0.1, 0.15) is 6.61 Å². The van der Waals surface area contributed by atoms with E-state index in [0.29, 0.717) is 22.7 Å². The topological polar surface area (TPSA) is 105 Å². The molecule has 0 unspecified atom stereocenters. The Hall–Kier alpha value is -4.13. The molecule has 158 valence electrons. The maximum atomic E-state index is 11.2. The smallest absolute Gasteiger partial charge is 0.335 e. The average molecular weight is 419 g/mol. The van der Waals surface area contributed by atoms with Crippen molar-refractivity contribution in [3.63, 3.8) is 0 Å². The van der Waals surface area contributed by atoms with Crippen LogP contribution in [-0.4, -0.2) is 35.5 Å². The van der Waals surface area contributed by atoms with Crippen molar-refractivity contribution in [2.45, 2.75) is 13.5 Å². The van der Waals surface area contributed by atoms with Gasteiger partial charge in [-0.05, 0) is 54.4 Å². The first kappa shape index (κ1) is 21.6. The lowest BCUT2D eigenvalue weighted by atomic mass is 10.1. The van der Waals surface area contributed by atoms with Gasteiger partial charge < -0.3 is 19.7 Å². The van der Waals surface area contributed by atoms with Crippen LogP contribution < -0.4 is 9.47 Å². The normalized spacial score (nSPS) is 10.8. The van der Waals surface area contributed by atoms with Crippen molar-refractivity contribution in [1.29, 1.82) is 0 Å². The number of carboxylic acids is 2. The van der Waals surface area contributed by atoms with Gasteiger partial charge in [-0.2, -0.15) is 0 Å². The Balaban J connectivity index is 1.87. The molecule has 0 amide bonds. The minimum absolute atomic E-state index is 0.157. The molecule has 0 aliphatic carbocycles. The molecule has 0 aliphatic rings. The van der Waals surface area contributed by atoms with Crippen molar-refractivity contribution in [3.8, 4) is 11.5 Å². The summed E-state index contributed by atoms with van der Waals surface area (Å²) in [5.41, 5.74) is 3.19. The number of methoxy groups -OCH3 is 1. The van der Waals surface area contributed by atoms with E-state index in [9.17, 15) is 14.7 Å². The van der Waals surface area contributed by atoms with Gasteiger partial charge in [-0.1, -0.05) is 24.3 Å². The Morgan fingerprint density at radius 1 is 0.968 bits per heavy atom. The van der Waals surface area contributed by atoms with E-state index in [1.165, 1.54) is 31.4 Å². The zero-order chi connectivity index (χ0) is 22.4. The van der Waals surface area contributed by atoms with Crippen LogP contribution in [0.2, 0.25) is 0 Å². The van der Waals surface area contributed by atoms with Crippen molar-refractivity contribution in [3.05, 3.63) is 88.5 Å². The van der Waals surface area contributed by atoms with Crippen molar-refractivity contribution in [2.75, 3.05) is 7.11 Å². The number of aliphatic imine (C=N–C) groups is 1. The van der Waals surface area contributed by atoms with Gasteiger partial charge in [-0.3, -0.25) is 4.99 Å². The van der Waals surface area contributed by atoms with Crippen molar-refractivity contribution in [2.24, 2.45) is 4.99 Å². The molecule has 3 aromatic rings. The largest absolute Gasteiger partial charge is 0.493 e. The number of aromatic carboxylic acids is 2. The summed E-state index contributed by atoms with van der Waals surface area (Å²) in [6.45, 7) is 2.05. The fourth-order valence-corrected chi connectivity index (χ4v) is 2.87. The highest BCUT2D eigenvalue weighted by Crippen LogP contribution is 2.31. The summed E-state index contributed by atoms with van der Waals surface area (Å²) in [6, 6.07) is 16.5. The zero-order valence-electron chi connectivity index (χ0n) is 17.0. The highest BCUT2D eigenvalue weighted by atomic mass is 16.5. The van der Waals surface area contributed by atoms with E-state index >= 15 is 0 Å². The number of ether oxygens (including phenoxy) is 2. The van der Waals surface area contributed by atoms with Crippen LogP contribution in [0.3, 0.4) is 0 Å². The van der Waals surface area contributed by atoms with E-state index in [4.69, 9.17) is 14.6 Å². The predicted molar refractivity (Wildman–Crippen MR) is 116 cm³/mol. The molecule has 0 saturated heterocycles. The van der Waals surface area contributed by atoms with E-state index < -0.39 is 11.9 Å². The number of hydrogen-bond acceptors (Lipinski definition) is 5. The molecule has 0 aliphatic heterocycles. The molecular formula is C24H21NO6. The summed E-state index contributed by atoms with van der Waals surface area (Å²) in [7, 11) is 1.53. The maximum Gasteiger partial charge on any atom is 0.335 e. The van der Waals surface area contributed by atoms with Crippen LogP contribution in [0.1, 0.15) is 37.4 Å². The first-order chi connectivity index (χ1) is 14.9. The van der Waals surface area contributed by atoms with Crippen LogP contribution >= 0.6 is 0 Å². The van der Waals surface area contributed by atoms with E-state index in [1.807, 2.05) is 13.0 Å². The predicted octanol–water partition coefficient (Wildman–Crippen LogP) is 4.73. The SMILES string of the molecule is COc1cccc(C=Nc2cc(C(=O)O)ccc2C)c1OCc1ccc(C(=O)O)cc1. The van der Waals surface area contributed by atoms with Crippen LogP contribution in [0, 0.1) is 6.92 Å². The molecule has 0 heterocycles. The molecular weight excluding hydrogens is 398 g/mol. The van der Waals surface area contributed by atoms with Crippen LogP contribution in [0.25, 0.3) is 0 Å². The molecule has 0 radical (unpaired) electrons. The molecule has 0 aromatic heterocycles. The Morgan fingerprint density at radius 3 is 2.29 bits per heavy atom. The molecule has 3 aromatic carbocycles. The van der Waals surface area contributed by atoms with E-state index in [1.54, 1.807) is 36.5 Å². The zero-order valence-corrected chi connectivity index (χ0v) is 17.0. The number of para-hydroxylation sites is 1. The Labute approximate surface area is 179 Å². The molecule has 0 bridgehead atoms. The van der Waals surface area contributed by atoms with Gasteiger partial charge in [0.25, 0.3) is 0 Å². The van der Waals surface area contributed by atoms with Crippen molar-refractivity contribution in [1.82, 2.24) is 0 Å².